The number of carbonyl (C=O) groups is 2. The molecule has 4 aliphatic rings. The molecule has 0 bridgehead atoms. The van der Waals surface area contributed by atoms with Gasteiger partial charge in [-0.25, -0.2) is 0 Å². The molecule has 4 atom stereocenters. The first-order chi connectivity index (χ1) is 23.5. The number of phenols is 1. The number of nitrogens with zero attached hydrogens (tertiary/aromatic N) is 2. The molecule has 0 radical (unpaired) electrons. The largest absolute Gasteiger partial charge is 0.504 e. The van der Waals surface area contributed by atoms with E-state index in [0.717, 1.165) is 75.3 Å². The van der Waals surface area contributed by atoms with Crippen LogP contribution in [0, 0.1) is 23.7 Å². The summed E-state index contributed by atoms with van der Waals surface area (Å²) in [4.78, 5) is 30.2. The number of hydrogen-bond donors (Lipinski definition) is 1. The van der Waals surface area contributed by atoms with Crippen LogP contribution in [-0.4, -0.2) is 72.5 Å². The Labute approximate surface area is 294 Å². The van der Waals surface area contributed by atoms with Gasteiger partial charge in [0.1, 0.15) is 11.6 Å². The van der Waals surface area contributed by atoms with E-state index in [1.54, 1.807) is 0 Å². The zero-order valence-corrected chi connectivity index (χ0v) is 31.1. The molecule has 49 heavy (non-hydrogen) atoms. The summed E-state index contributed by atoms with van der Waals surface area (Å²) in [6, 6.07) is 8.38. The van der Waals surface area contributed by atoms with Crippen LogP contribution in [0.4, 0.5) is 0 Å². The van der Waals surface area contributed by atoms with Crippen molar-refractivity contribution in [2.45, 2.75) is 105 Å². The number of rotatable bonds is 11. The van der Waals surface area contributed by atoms with E-state index < -0.39 is 0 Å². The molecule has 0 amide bonds. The highest BCUT2D eigenvalue weighted by molar-refractivity contribution is 5.83. The van der Waals surface area contributed by atoms with E-state index in [-0.39, 0.29) is 29.7 Å². The summed E-state index contributed by atoms with van der Waals surface area (Å²) < 4.78 is 17.3. The molecule has 0 saturated carbocycles. The number of aromatic hydroxyl groups is 1. The second kappa shape index (κ2) is 16.7. The molecule has 8 heteroatoms. The summed E-state index contributed by atoms with van der Waals surface area (Å²) >= 11 is 0. The second-order valence-corrected chi connectivity index (χ2v) is 15.2. The van der Waals surface area contributed by atoms with Crippen molar-refractivity contribution in [2.75, 3.05) is 46.0 Å². The zero-order valence-electron chi connectivity index (χ0n) is 31.1. The molecule has 6 rings (SSSR count). The zero-order chi connectivity index (χ0) is 35.2. The van der Waals surface area contributed by atoms with Crippen LogP contribution in [0.25, 0.3) is 0 Å². The number of benzene rings is 2. The molecule has 2 fully saturated rings. The summed E-state index contributed by atoms with van der Waals surface area (Å²) in [5.74, 6) is 4.70. The summed E-state index contributed by atoms with van der Waals surface area (Å²) in [7, 11) is 0. The van der Waals surface area contributed by atoms with E-state index in [9.17, 15) is 14.7 Å². The topological polar surface area (TPSA) is 88.5 Å². The number of ether oxygens (including phenoxy) is 3. The molecule has 4 aliphatic heterocycles. The lowest BCUT2D eigenvalue weighted by Crippen LogP contribution is -2.46. The van der Waals surface area contributed by atoms with Gasteiger partial charge in [-0.2, -0.15) is 0 Å². The van der Waals surface area contributed by atoms with E-state index in [1.807, 2.05) is 26.0 Å². The number of carbonyl (C=O) groups excluding carboxylic acids is 2. The minimum atomic E-state index is 0.122. The Morgan fingerprint density at radius 3 is 1.65 bits per heavy atom. The molecule has 2 aromatic carbocycles. The van der Waals surface area contributed by atoms with Gasteiger partial charge in [-0.15, -0.1) is 0 Å². The molecule has 270 valence electrons. The lowest BCUT2D eigenvalue weighted by atomic mass is 9.80. The van der Waals surface area contributed by atoms with Crippen LogP contribution in [-0.2, 0) is 22.4 Å². The summed E-state index contributed by atoms with van der Waals surface area (Å²) in [5.41, 5.74) is 4.90. The molecule has 4 heterocycles. The van der Waals surface area contributed by atoms with Crippen LogP contribution in [0.2, 0.25) is 0 Å². The molecular formula is C41H60N2O6. The maximum atomic E-state index is 12.7. The highest BCUT2D eigenvalue weighted by atomic mass is 16.5. The fourth-order valence-electron chi connectivity index (χ4n) is 8.34. The molecule has 0 aromatic heterocycles. The Kier molecular flexibility index (Phi) is 12.7. The van der Waals surface area contributed by atoms with E-state index in [2.05, 4.69) is 56.6 Å². The van der Waals surface area contributed by atoms with Crippen LogP contribution < -0.4 is 14.2 Å². The van der Waals surface area contributed by atoms with Gasteiger partial charge in [0.2, 0.25) is 0 Å². The molecule has 4 unspecified atom stereocenters. The smallest absolute Gasteiger partial charge is 0.161 e. The highest BCUT2D eigenvalue weighted by Gasteiger charge is 2.40. The Morgan fingerprint density at radius 2 is 1.16 bits per heavy atom. The maximum absolute atomic E-state index is 12.7. The minimum absolute atomic E-state index is 0.122. The van der Waals surface area contributed by atoms with Gasteiger partial charge in [0.05, 0.1) is 19.8 Å². The van der Waals surface area contributed by atoms with Gasteiger partial charge in [0.15, 0.2) is 23.0 Å². The Bertz CT molecular complexity index is 1450. The molecule has 1 N–H and O–H groups in total. The van der Waals surface area contributed by atoms with Gasteiger partial charge >= 0.3 is 0 Å². The van der Waals surface area contributed by atoms with Crippen molar-refractivity contribution in [3.05, 3.63) is 46.5 Å². The van der Waals surface area contributed by atoms with Crippen molar-refractivity contribution >= 4 is 11.6 Å². The van der Waals surface area contributed by atoms with Crippen LogP contribution in [0.15, 0.2) is 24.3 Å². The number of ketones is 2. The lowest BCUT2D eigenvalue weighted by molar-refractivity contribution is -0.130. The third-order valence-corrected chi connectivity index (χ3v) is 10.5. The van der Waals surface area contributed by atoms with Gasteiger partial charge in [0.25, 0.3) is 0 Å². The fraction of sp³-hybridized carbons (Fsp3) is 0.659. The summed E-state index contributed by atoms with van der Waals surface area (Å²) in [6.45, 7) is 20.4. The van der Waals surface area contributed by atoms with Crippen LogP contribution >= 0.6 is 0 Å². The maximum Gasteiger partial charge on any atom is 0.161 e. The van der Waals surface area contributed by atoms with Crippen LogP contribution in [0.5, 0.6) is 23.0 Å². The predicted molar refractivity (Wildman–Crippen MR) is 194 cm³/mol. The first-order valence-electron chi connectivity index (χ1n) is 19.0. The van der Waals surface area contributed by atoms with Crippen molar-refractivity contribution in [2.24, 2.45) is 23.7 Å². The Morgan fingerprint density at radius 1 is 0.694 bits per heavy atom. The third-order valence-electron chi connectivity index (χ3n) is 10.5. The van der Waals surface area contributed by atoms with E-state index in [4.69, 9.17) is 14.2 Å². The summed E-state index contributed by atoms with van der Waals surface area (Å²) in [5, 5.41) is 10.2. The average Bonchev–Trinajstić information content (AvgIpc) is 3.05. The minimum Gasteiger partial charge on any atom is -0.504 e. The predicted octanol–water partition coefficient (Wildman–Crippen LogP) is 7.73. The first kappa shape index (κ1) is 37.2. The number of phenolic OH excluding ortho intramolecular Hbond substituents is 1. The quantitative estimate of drug-likeness (QED) is 0.259. The SMILES string of the molecule is CCCOc1cc2c(cc1OCC)CCN1CC(CC(C)C)C(=O)CC21.CCOc1cc2c(cc1O)C1CC(=O)C(CC(C)C)CN1CC2. The Balaban J connectivity index is 0.000000192. The summed E-state index contributed by atoms with van der Waals surface area (Å²) in [6.07, 6.45) is 6.11. The Hall–Kier alpha value is -3.10. The van der Waals surface area contributed by atoms with Gasteiger partial charge < -0.3 is 19.3 Å². The molecular weight excluding hydrogens is 616 g/mol. The second-order valence-electron chi connectivity index (χ2n) is 15.2. The monoisotopic (exact) mass is 676 g/mol. The fourth-order valence-corrected chi connectivity index (χ4v) is 8.34. The van der Waals surface area contributed by atoms with Crippen molar-refractivity contribution in [1.29, 1.82) is 0 Å². The van der Waals surface area contributed by atoms with Gasteiger partial charge in [-0.3, -0.25) is 19.4 Å². The van der Waals surface area contributed by atoms with Crippen molar-refractivity contribution in [1.82, 2.24) is 9.80 Å². The van der Waals surface area contributed by atoms with Gasteiger partial charge in [-0.1, -0.05) is 34.6 Å². The third kappa shape index (κ3) is 8.80. The molecule has 2 saturated heterocycles. The first-order valence-corrected chi connectivity index (χ1v) is 19.0. The van der Waals surface area contributed by atoms with E-state index in [1.165, 1.54) is 16.7 Å². The van der Waals surface area contributed by atoms with Gasteiger partial charge in [-0.05, 0) is 104 Å². The average molecular weight is 677 g/mol. The highest BCUT2D eigenvalue weighted by Crippen LogP contribution is 2.44. The standard InChI is InChI=1S/C22H33NO3.C19H27NO3/c1-5-9-26-22-12-18-16(11-21(22)25-6-2)7-8-23-14-17(10-15(3)4)20(24)13-19(18)23;1-4-23-19-8-13-5-6-20-11-14(7-12(2)3)17(21)10-16(20)15(13)9-18(19)22/h11-12,15,17,19H,5-10,13-14H2,1-4H3;8-9,12,14,16,22H,4-7,10-11H2,1-3H3. The lowest BCUT2D eigenvalue weighted by Gasteiger charge is -2.43. The van der Waals surface area contributed by atoms with Crippen LogP contribution in [0.1, 0.15) is 115 Å². The van der Waals surface area contributed by atoms with Crippen molar-refractivity contribution < 1.29 is 28.9 Å². The van der Waals surface area contributed by atoms with Crippen molar-refractivity contribution in [3.63, 3.8) is 0 Å². The van der Waals surface area contributed by atoms with Gasteiger partial charge in [0, 0.05) is 62.9 Å². The van der Waals surface area contributed by atoms with Crippen LogP contribution in [0.3, 0.4) is 0 Å². The van der Waals surface area contributed by atoms with E-state index >= 15 is 0 Å². The number of piperidine rings is 2. The number of Topliss-reactive ketones (excluding diaryl/α,β-unsaturated/α-hetero) is 2. The van der Waals surface area contributed by atoms with Crippen molar-refractivity contribution in [3.8, 4) is 23.0 Å². The molecule has 0 aliphatic carbocycles. The molecule has 8 nitrogen and oxygen atoms in total. The number of hydrogen-bond acceptors (Lipinski definition) is 8. The van der Waals surface area contributed by atoms with E-state index in [0.29, 0.717) is 61.8 Å². The number of fused-ring (bicyclic) bond motifs is 6. The molecule has 2 aromatic rings. The molecule has 0 spiro atoms. The normalized spacial score (nSPS) is 23.6.